The van der Waals surface area contributed by atoms with Gasteiger partial charge >= 0.3 is 6.18 Å². The Bertz CT molecular complexity index is 323. The molecule has 0 bridgehead atoms. The maximum atomic E-state index is 11.9. The second-order valence-electron chi connectivity index (χ2n) is 3.38. The Morgan fingerprint density at radius 3 is 2.62 bits per heavy atom. The van der Waals surface area contributed by atoms with E-state index in [1.54, 1.807) is 18.2 Å². The Morgan fingerprint density at radius 1 is 1.25 bits per heavy atom. The molecule has 0 saturated carbocycles. The van der Waals surface area contributed by atoms with Crippen LogP contribution in [0.5, 0.6) is 5.75 Å². The zero-order chi connectivity index (χ0) is 12.0. The van der Waals surface area contributed by atoms with Crippen molar-refractivity contribution in [1.29, 1.82) is 0 Å². The predicted molar refractivity (Wildman–Crippen MR) is 53.4 cm³/mol. The number of rotatable bonds is 5. The molecule has 2 nitrogen and oxygen atoms in total. The second-order valence-corrected chi connectivity index (χ2v) is 3.38. The zero-order valence-corrected chi connectivity index (χ0v) is 8.63. The van der Waals surface area contributed by atoms with Crippen molar-refractivity contribution in [3.8, 4) is 5.75 Å². The van der Waals surface area contributed by atoms with E-state index >= 15 is 0 Å². The van der Waals surface area contributed by atoms with Gasteiger partial charge in [-0.25, -0.2) is 0 Å². The van der Waals surface area contributed by atoms with Gasteiger partial charge in [-0.15, -0.1) is 0 Å². The normalized spacial score (nSPS) is 11.5. The highest BCUT2D eigenvalue weighted by Crippen LogP contribution is 2.19. The lowest BCUT2D eigenvalue weighted by atomic mass is 10.1. The Morgan fingerprint density at radius 2 is 2.00 bits per heavy atom. The van der Waals surface area contributed by atoms with E-state index < -0.39 is 12.8 Å². The third kappa shape index (κ3) is 5.02. The summed E-state index contributed by atoms with van der Waals surface area (Å²) >= 11 is 0. The minimum absolute atomic E-state index is 0.0631. The van der Waals surface area contributed by atoms with Crippen LogP contribution in [0.4, 0.5) is 13.2 Å². The molecule has 1 aromatic rings. The molecule has 90 valence electrons. The highest BCUT2D eigenvalue weighted by atomic mass is 19.4. The van der Waals surface area contributed by atoms with Crippen LogP contribution in [0.15, 0.2) is 24.3 Å². The smallest absolute Gasteiger partial charge is 0.422 e. The molecule has 0 radical (unpaired) electrons. The molecule has 0 unspecified atom stereocenters. The molecular formula is C11H13F3O2. The van der Waals surface area contributed by atoms with E-state index in [9.17, 15) is 13.2 Å². The molecule has 0 atom stereocenters. The quantitative estimate of drug-likeness (QED) is 0.848. The number of aliphatic hydroxyl groups is 1. The highest BCUT2D eigenvalue weighted by molar-refractivity contribution is 5.28. The first-order valence-corrected chi connectivity index (χ1v) is 4.90. The van der Waals surface area contributed by atoms with Crippen molar-refractivity contribution in [2.75, 3.05) is 13.2 Å². The molecule has 0 spiro atoms. The summed E-state index contributed by atoms with van der Waals surface area (Å²) in [7, 11) is 0. The summed E-state index contributed by atoms with van der Waals surface area (Å²) in [4.78, 5) is 0. The van der Waals surface area contributed by atoms with Crippen LogP contribution in [0.25, 0.3) is 0 Å². The van der Waals surface area contributed by atoms with E-state index in [2.05, 4.69) is 4.74 Å². The van der Waals surface area contributed by atoms with Gasteiger partial charge in [-0.3, -0.25) is 0 Å². The molecule has 16 heavy (non-hydrogen) atoms. The van der Waals surface area contributed by atoms with E-state index in [0.717, 1.165) is 5.56 Å². The molecule has 1 rings (SSSR count). The van der Waals surface area contributed by atoms with Crippen LogP contribution in [-0.2, 0) is 6.42 Å². The maximum absolute atomic E-state index is 11.9. The standard InChI is InChI=1S/C11H13F3O2/c12-11(13,14)8-16-10-5-1-3-9(7-10)4-2-6-15/h1,3,5,7,15H,2,4,6,8H2. The number of benzene rings is 1. The minimum atomic E-state index is -4.32. The van der Waals surface area contributed by atoms with Gasteiger partial charge in [-0.1, -0.05) is 12.1 Å². The first-order chi connectivity index (χ1) is 7.51. The Kier molecular flexibility index (Phi) is 4.61. The number of alkyl halides is 3. The van der Waals surface area contributed by atoms with Crippen molar-refractivity contribution >= 4 is 0 Å². The van der Waals surface area contributed by atoms with Crippen LogP contribution >= 0.6 is 0 Å². The third-order valence-electron chi connectivity index (χ3n) is 1.92. The molecule has 0 saturated heterocycles. The molecule has 0 aliphatic rings. The first-order valence-electron chi connectivity index (χ1n) is 4.90. The molecule has 0 aromatic heterocycles. The van der Waals surface area contributed by atoms with E-state index in [4.69, 9.17) is 5.11 Å². The summed E-state index contributed by atoms with van der Waals surface area (Å²) in [6, 6.07) is 6.46. The van der Waals surface area contributed by atoms with Gasteiger partial charge in [0.1, 0.15) is 5.75 Å². The molecule has 0 fully saturated rings. The maximum Gasteiger partial charge on any atom is 0.422 e. The molecule has 1 N–H and O–H groups in total. The fourth-order valence-corrected chi connectivity index (χ4v) is 1.24. The first kappa shape index (κ1) is 12.8. The number of aryl methyl sites for hydroxylation is 1. The largest absolute Gasteiger partial charge is 0.484 e. The van der Waals surface area contributed by atoms with Gasteiger partial charge in [0, 0.05) is 6.61 Å². The lowest BCUT2D eigenvalue weighted by Gasteiger charge is -2.10. The Hall–Kier alpha value is -1.23. The summed E-state index contributed by atoms with van der Waals surface area (Å²) in [5, 5.41) is 8.63. The average molecular weight is 234 g/mol. The monoisotopic (exact) mass is 234 g/mol. The van der Waals surface area contributed by atoms with E-state index in [-0.39, 0.29) is 12.4 Å². The molecule has 0 amide bonds. The van der Waals surface area contributed by atoms with Gasteiger partial charge in [0.15, 0.2) is 6.61 Å². The average Bonchev–Trinajstić information content (AvgIpc) is 2.23. The van der Waals surface area contributed by atoms with Crippen molar-refractivity contribution in [2.24, 2.45) is 0 Å². The van der Waals surface area contributed by atoms with Crippen molar-refractivity contribution in [1.82, 2.24) is 0 Å². The van der Waals surface area contributed by atoms with Crippen LogP contribution in [-0.4, -0.2) is 24.5 Å². The zero-order valence-electron chi connectivity index (χ0n) is 8.63. The lowest BCUT2D eigenvalue weighted by Crippen LogP contribution is -2.19. The number of ether oxygens (including phenoxy) is 1. The van der Waals surface area contributed by atoms with Crippen molar-refractivity contribution in [3.63, 3.8) is 0 Å². The van der Waals surface area contributed by atoms with Crippen molar-refractivity contribution < 1.29 is 23.0 Å². The molecule has 1 aromatic carbocycles. The summed E-state index contributed by atoms with van der Waals surface area (Å²) < 4.78 is 40.3. The van der Waals surface area contributed by atoms with Gasteiger partial charge in [-0.05, 0) is 30.5 Å². The number of aliphatic hydroxyl groups excluding tert-OH is 1. The van der Waals surface area contributed by atoms with Crippen molar-refractivity contribution in [3.05, 3.63) is 29.8 Å². The van der Waals surface area contributed by atoms with E-state index in [1.165, 1.54) is 6.07 Å². The number of hydrogen-bond donors (Lipinski definition) is 1. The van der Waals surface area contributed by atoms with Gasteiger partial charge in [-0.2, -0.15) is 13.2 Å². The fraction of sp³-hybridized carbons (Fsp3) is 0.455. The highest BCUT2D eigenvalue weighted by Gasteiger charge is 2.28. The van der Waals surface area contributed by atoms with Crippen molar-refractivity contribution in [2.45, 2.75) is 19.0 Å². The van der Waals surface area contributed by atoms with Gasteiger partial charge in [0.25, 0.3) is 0 Å². The topological polar surface area (TPSA) is 29.5 Å². The number of halogens is 3. The molecule has 5 heteroatoms. The molecule has 0 aliphatic carbocycles. The Balaban J connectivity index is 2.53. The molecular weight excluding hydrogens is 221 g/mol. The van der Waals surface area contributed by atoms with Crippen LogP contribution < -0.4 is 4.74 Å². The predicted octanol–water partition coefficient (Wildman–Crippen LogP) is 2.55. The summed E-state index contributed by atoms with van der Waals surface area (Å²) in [6.45, 7) is -1.22. The number of hydrogen-bond acceptors (Lipinski definition) is 2. The SMILES string of the molecule is OCCCc1cccc(OCC(F)(F)F)c1. The summed E-state index contributed by atoms with van der Waals surface area (Å²) in [6.07, 6.45) is -3.11. The van der Waals surface area contributed by atoms with Gasteiger partial charge < -0.3 is 9.84 Å². The minimum Gasteiger partial charge on any atom is -0.484 e. The van der Waals surface area contributed by atoms with Crippen LogP contribution in [0, 0.1) is 0 Å². The van der Waals surface area contributed by atoms with Crippen LogP contribution in [0.3, 0.4) is 0 Å². The van der Waals surface area contributed by atoms with Gasteiger partial charge in [0.05, 0.1) is 0 Å². The Labute approximate surface area is 91.7 Å². The van der Waals surface area contributed by atoms with E-state index in [1.807, 2.05) is 0 Å². The summed E-state index contributed by atoms with van der Waals surface area (Å²) in [5.74, 6) is 0.202. The second kappa shape index (κ2) is 5.75. The summed E-state index contributed by atoms with van der Waals surface area (Å²) in [5.41, 5.74) is 0.855. The molecule has 0 aliphatic heterocycles. The van der Waals surface area contributed by atoms with Crippen LogP contribution in [0.1, 0.15) is 12.0 Å². The van der Waals surface area contributed by atoms with Gasteiger partial charge in [0.2, 0.25) is 0 Å². The fourth-order valence-electron chi connectivity index (χ4n) is 1.24. The van der Waals surface area contributed by atoms with E-state index in [0.29, 0.717) is 12.8 Å². The van der Waals surface area contributed by atoms with Crippen LogP contribution in [0.2, 0.25) is 0 Å². The lowest BCUT2D eigenvalue weighted by molar-refractivity contribution is -0.153. The molecule has 0 heterocycles. The third-order valence-corrected chi connectivity index (χ3v) is 1.92.